The van der Waals surface area contributed by atoms with Crippen molar-refractivity contribution in [1.29, 1.82) is 0 Å². The number of nitrogens with one attached hydrogen (secondary N) is 1. The van der Waals surface area contributed by atoms with E-state index in [1.165, 1.54) is 12.8 Å². The number of ether oxygens (including phenoxy) is 1. The van der Waals surface area contributed by atoms with Gasteiger partial charge in [0.05, 0.1) is 0 Å². The molecule has 0 fully saturated rings. The van der Waals surface area contributed by atoms with Crippen LogP contribution in [0.4, 0.5) is 0 Å². The smallest absolute Gasteiger partial charge is 0.323 e. The van der Waals surface area contributed by atoms with Crippen molar-refractivity contribution in [2.75, 3.05) is 20.3 Å². The Hall–Kier alpha value is -0.610. The molecule has 1 atom stereocenters. The Morgan fingerprint density at radius 2 is 2.07 bits per heavy atom. The topological polar surface area (TPSA) is 58.6 Å². The van der Waals surface area contributed by atoms with E-state index in [1.807, 2.05) is 0 Å². The second-order valence-electron chi connectivity index (χ2n) is 3.96. The summed E-state index contributed by atoms with van der Waals surface area (Å²) in [6.45, 7) is 5.04. The van der Waals surface area contributed by atoms with Crippen LogP contribution in [0.2, 0.25) is 0 Å². The van der Waals surface area contributed by atoms with Crippen LogP contribution in [0.1, 0.15) is 39.5 Å². The van der Waals surface area contributed by atoms with Crippen LogP contribution < -0.4 is 5.32 Å². The highest BCUT2D eigenvalue weighted by atomic mass is 16.5. The van der Waals surface area contributed by atoms with Gasteiger partial charge < -0.3 is 15.2 Å². The van der Waals surface area contributed by atoms with Crippen LogP contribution in [0.3, 0.4) is 0 Å². The molecule has 0 aromatic carbocycles. The van der Waals surface area contributed by atoms with Crippen LogP contribution in [0.15, 0.2) is 0 Å². The quantitative estimate of drug-likeness (QED) is 0.576. The van der Waals surface area contributed by atoms with Crippen molar-refractivity contribution < 1.29 is 14.6 Å². The highest BCUT2D eigenvalue weighted by Gasteiger charge is 2.30. The van der Waals surface area contributed by atoms with Gasteiger partial charge in [0.1, 0.15) is 5.54 Å². The Kier molecular flexibility index (Phi) is 7.34. The van der Waals surface area contributed by atoms with Gasteiger partial charge in [-0.25, -0.2) is 0 Å². The number of unbranched alkanes of at least 4 members (excludes halogenated alkanes) is 2. The van der Waals surface area contributed by atoms with Crippen LogP contribution >= 0.6 is 0 Å². The Morgan fingerprint density at radius 1 is 1.40 bits per heavy atom. The van der Waals surface area contributed by atoms with Crippen molar-refractivity contribution in [3.63, 3.8) is 0 Å². The highest BCUT2D eigenvalue weighted by Crippen LogP contribution is 2.09. The van der Waals surface area contributed by atoms with Gasteiger partial charge >= 0.3 is 5.97 Å². The predicted molar refractivity (Wildman–Crippen MR) is 60.1 cm³/mol. The molecular weight excluding hydrogens is 194 g/mol. The van der Waals surface area contributed by atoms with E-state index in [2.05, 4.69) is 12.2 Å². The molecule has 0 heterocycles. The number of hydrogen-bond acceptors (Lipinski definition) is 3. The monoisotopic (exact) mass is 217 g/mol. The van der Waals surface area contributed by atoms with Gasteiger partial charge in [0.25, 0.3) is 0 Å². The molecule has 0 rings (SSSR count). The normalized spacial score (nSPS) is 14.9. The van der Waals surface area contributed by atoms with Crippen molar-refractivity contribution in [3.05, 3.63) is 0 Å². The Balaban J connectivity index is 3.60. The molecule has 0 aliphatic heterocycles. The lowest BCUT2D eigenvalue weighted by Crippen LogP contribution is -2.48. The number of carboxylic acids is 1. The van der Waals surface area contributed by atoms with Gasteiger partial charge in [0.15, 0.2) is 0 Å². The zero-order valence-electron chi connectivity index (χ0n) is 10.0. The Morgan fingerprint density at radius 3 is 2.53 bits per heavy atom. The van der Waals surface area contributed by atoms with Crippen molar-refractivity contribution >= 4 is 5.97 Å². The number of rotatable bonds is 9. The Bertz CT molecular complexity index is 185. The average Bonchev–Trinajstić information content (AvgIpc) is 2.22. The standard InChI is InChI=1S/C11H23NO3/c1-4-5-6-8-15-9-7-11(2,12-3)10(13)14/h12H,4-9H2,1-3H3,(H,13,14). The van der Waals surface area contributed by atoms with Gasteiger partial charge in [-0.3, -0.25) is 4.79 Å². The lowest BCUT2D eigenvalue weighted by atomic mass is 9.99. The summed E-state index contributed by atoms with van der Waals surface area (Å²) < 4.78 is 5.38. The fraction of sp³-hybridized carbons (Fsp3) is 0.909. The molecule has 15 heavy (non-hydrogen) atoms. The fourth-order valence-corrected chi connectivity index (χ4v) is 1.17. The van der Waals surface area contributed by atoms with Gasteiger partial charge in [-0.2, -0.15) is 0 Å². The molecule has 0 radical (unpaired) electrons. The van der Waals surface area contributed by atoms with Crippen molar-refractivity contribution in [1.82, 2.24) is 5.32 Å². The van der Waals surface area contributed by atoms with Crippen LogP contribution in [0, 0.1) is 0 Å². The van der Waals surface area contributed by atoms with Crippen molar-refractivity contribution in [2.45, 2.75) is 45.1 Å². The van der Waals surface area contributed by atoms with E-state index in [1.54, 1.807) is 14.0 Å². The summed E-state index contributed by atoms with van der Waals surface area (Å²) in [5.41, 5.74) is -0.870. The van der Waals surface area contributed by atoms with Gasteiger partial charge in [-0.1, -0.05) is 19.8 Å². The molecule has 0 saturated heterocycles. The van der Waals surface area contributed by atoms with Crippen molar-refractivity contribution in [2.24, 2.45) is 0 Å². The van der Waals surface area contributed by atoms with Gasteiger partial charge in [0, 0.05) is 13.2 Å². The van der Waals surface area contributed by atoms with Crippen molar-refractivity contribution in [3.8, 4) is 0 Å². The minimum Gasteiger partial charge on any atom is -0.480 e. The second-order valence-corrected chi connectivity index (χ2v) is 3.96. The largest absolute Gasteiger partial charge is 0.480 e. The molecule has 4 nitrogen and oxygen atoms in total. The van der Waals surface area contributed by atoms with E-state index in [-0.39, 0.29) is 0 Å². The minimum atomic E-state index is -0.870. The number of carbonyl (C=O) groups is 1. The number of likely N-dealkylation sites (N-methyl/N-ethyl adjacent to an activating group) is 1. The Labute approximate surface area is 92.0 Å². The number of aliphatic carboxylic acids is 1. The molecule has 0 saturated carbocycles. The van der Waals surface area contributed by atoms with Gasteiger partial charge in [-0.05, 0) is 26.8 Å². The first-order valence-electron chi connectivity index (χ1n) is 5.57. The molecule has 4 heteroatoms. The molecule has 0 aromatic rings. The second kappa shape index (κ2) is 7.65. The summed E-state index contributed by atoms with van der Waals surface area (Å²) in [7, 11) is 1.66. The van der Waals surface area contributed by atoms with Gasteiger partial charge in [-0.15, -0.1) is 0 Å². The van der Waals surface area contributed by atoms with E-state index in [9.17, 15) is 4.79 Å². The first kappa shape index (κ1) is 14.4. The lowest BCUT2D eigenvalue weighted by Gasteiger charge is -2.23. The maximum Gasteiger partial charge on any atom is 0.323 e. The molecule has 0 spiro atoms. The summed E-state index contributed by atoms with van der Waals surface area (Å²) in [5.74, 6) is -0.831. The summed E-state index contributed by atoms with van der Waals surface area (Å²) in [4.78, 5) is 10.9. The molecule has 2 N–H and O–H groups in total. The van der Waals surface area contributed by atoms with Gasteiger partial charge in [0.2, 0.25) is 0 Å². The van der Waals surface area contributed by atoms with Crippen LogP contribution in [-0.2, 0) is 9.53 Å². The van der Waals surface area contributed by atoms with Crippen LogP contribution in [-0.4, -0.2) is 36.9 Å². The van der Waals surface area contributed by atoms with Crippen LogP contribution in [0.5, 0.6) is 0 Å². The van der Waals surface area contributed by atoms with E-state index >= 15 is 0 Å². The fourth-order valence-electron chi connectivity index (χ4n) is 1.17. The third-order valence-electron chi connectivity index (χ3n) is 2.66. The van der Waals surface area contributed by atoms with E-state index in [4.69, 9.17) is 9.84 Å². The predicted octanol–water partition coefficient (Wildman–Crippen LogP) is 1.65. The highest BCUT2D eigenvalue weighted by molar-refractivity contribution is 5.78. The molecule has 0 aliphatic carbocycles. The summed E-state index contributed by atoms with van der Waals surface area (Å²) in [6.07, 6.45) is 3.89. The van der Waals surface area contributed by atoms with E-state index in [0.717, 1.165) is 13.0 Å². The minimum absolute atomic E-state index is 0.491. The average molecular weight is 217 g/mol. The van der Waals surface area contributed by atoms with E-state index < -0.39 is 11.5 Å². The summed E-state index contributed by atoms with van der Waals surface area (Å²) >= 11 is 0. The molecule has 90 valence electrons. The third-order valence-corrected chi connectivity index (χ3v) is 2.66. The maximum absolute atomic E-state index is 10.9. The zero-order valence-corrected chi connectivity index (χ0v) is 10.0. The summed E-state index contributed by atoms with van der Waals surface area (Å²) in [6, 6.07) is 0. The molecule has 0 aliphatic rings. The maximum atomic E-state index is 10.9. The molecule has 1 unspecified atom stereocenters. The lowest BCUT2D eigenvalue weighted by molar-refractivity contribution is -0.144. The number of carboxylic acid groups (broad SMARTS) is 1. The molecular formula is C11H23NO3. The van der Waals surface area contributed by atoms with E-state index in [0.29, 0.717) is 13.0 Å². The van der Waals surface area contributed by atoms with Crippen LogP contribution in [0.25, 0.3) is 0 Å². The molecule has 0 amide bonds. The third kappa shape index (κ3) is 5.74. The first-order valence-corrected chi connectivity index (χ1v) is 5.57. The molecule has 0 bridgehead atoms. The molecule has 0 aromatic heterocycles. The summed E-state index contributed by atoms with van der Waals surface area (Å²) in [5, 5.41) is 11.8. The first-order chi connectivity index (χ1) is 7.06. The zero-order chi connectivity index (χ0) is 11.7. The number of hydrogen-bond donors (Lipinski definition) is 2. The SMILES string of the molecule is CCCCCOCCC(C)(NC)C(=O)O.